The summed E-state index contributed by atoms with van der Waals surface area (Å²) < 4.78 is 2.33. The summed E-state index contributed by atoms with van der Waals surface area (Å²) in [5, 5.41) is -0.102. The summed E-state index contributed by atoms with van der Waals surface area (Å²) in [5.74, 6) is 0.604. The van der Waals surface area contributed by atoms with Gasteiger partial charge in [-0.1, -0.05) is 164 Å². The van der Waals surface area contributed by atoms with E-state index in [-0.39, 0.29) is 5.16 Å². The number of nitrogens with zero attached hydrogens (tertiary/aromatic N) is 2. The molecule has 1 aromatic heterocycles. The van der Waals surface area contributed by atoms with Crippen LogP contribution in [0.1, 0.15) is 25.0 Å². The summed E-state index contributed by atoms with van der Waals surface area (Å²) in [7, 11) is -0.543. The number of allylic oxidation sites excluding steroid dienone is 2. The third kappa shape index (κ3) is 7.16. The molecule has 1 atom stereocenters. The maximum atomic E-state index is 4.37. The van der Waals surface area contributed by atoms with Gasteiger partial charge in [-0.2, -0.15) is 0 Å². The zero-order chi connectivity index (χ0) is 27.3. The topological polar surface area (TPSA) is 17.8 Å². The molecule has 4 aromatic carbocycles. The Balaban J connectivity index is 0.000000212. The molecule has 1 unspecified atom stereocenters. The van der Waals surface area contributed by atoms with Gasteiger partial charge in [0.2, 0.25) is 6.71 Å². The monoisotopic (exact) mass is 526 g/mol. The highest BCUT2D eigenvalue weighted by molar-refractivity contribution is 6.84. The SMILES string of the molecule is CB(c1ccccc1)c1ccccc1.CC=CC(C)C[SiH2]C(c1ccccc1)(c1ccccc1)n1ccnc1. The number of imidazole rings is 1. The Bertz CT molecular complexity index is 1290. The lowest BCUT2D eigenvalue weighted by atomic mass is 9.43. The zero-order valence-corrected chi connectivity index (χ0v) is 24.8. The van der Waals surface area contributed by atoms with E-state index in [9.17, 15) is 0 Å². The van der Waals surface area contributed by atoms with E-state index in [1.165, 1.54) is 28.1 Å². The third-order valence-electron chi connectivity index (χ3n) is 7.53. The van der Waals surface area contributed by atoms with Gasteiger partial charge in [0.15, 0.2) is 0 Å². The van der Waals surface area contributed by atoms with Gasteiger partial charge in [0, 0.05) is 12.4 Å². The number of rotatable bonds is 9. The van der Waals surface area contributed by atoms with E-state index in [2.05, 4.69) is 170 Å². The summed E-state index contributed by atoms with van der Waals surface area (Å²) in [6.45, 7) is 7.15. The van der Waals surface area contributed by atoms with Gasteiger partial charge in [-0.15, -0.1) is 0 Å². The Morgan fingerprint density at radius 2 is 1.23 bits per heavy atom. The first-order chi connectivity index (χ1) is 19.1. The van der Waals surface area contributed by atoms with Crippen LogP contribution in [0.3, 0.4) is 0 Å². The molecule has 5 aromatic rings. The summed E-state index contributed by atoms with van der Waals surface area (Å²) in [4.78, 5) is 4.37. The third-order valence-corrected chi connectivity index (χ3v) is 10.6. The average Bonchev–Trinajstić information content (AvgIpc) is 3.55. The standard InChI is InChI=1S/C22H26N2Si.C13H13B/c1-3-10-19(2)17-25-22(24-16-15-23-18-24,20-11-6-4-7-12-20)21-13-8-5-9-14-21;1-14(12-8-4-2-5-9-12)13-10-6-3-7-11-13/h3-16,18-19H,17,25H2,1-2H3;2-11H,1H3. The Labute approximate surface area is 237 Å². The van der Waals surface area contributed by atoms with Gasteiger partial charge in [-0.05, 0) is 24.0 Å². The van der Waals surface area contributed by atoms with Gasteiger partial charge in [-0.3, -0.25) is 0 Å². The van der Waals surface area contributed by atoms with E-state index < -0.39 is 9.52 Å². The van der Waals surface area contributed by atoms with Crippen molar-refractivity contribution in [3.63, 3.8) is 0 Å². The van der Waals surface area contributed by atoms with E-state index in [1.807, 2.05) is 12.5 Å². The minimum atomic E-state index is -0.543. The highest BCUT2D eigenvalue weighted by Crippen LogP contribution is 2.34. The second-order valence-electron chi connectivity index (χ2n) is 10.1. The largest absolute Gasteiger partial charge is 0.327 e. The van der Waals surface area contributed by atoms with E-state index in [4.69, 9.17) is 0 Å². The van der Waals surface area contributed by atoms with Crippen LogP contribution in [0.4, 0.5) is 0 Å². The van der Waals surface area contributed by atoms with Crippen molar-refractivity contribution in [1.82, 2.24) is 9.55 Å². The number of aromatic nitrogens is 2. The molecule has 4 heteroatoms. The lowest BCUT2D eigenvalue weighted by Gasteiger charge is -2.37. The fourth-order valence-electron chi connectivity index (χ4n) is 5.33. The van der Waals surface area contributed by atoms with E-state index in [0.29, 0.717) is 12.6 Å². The van der Waals surface area contributed by atoms with Crippen molar-refractivity contribution in [3.05, 3.63) is 163 Å². The number of hydrogen-bond acceptors (Lipinski definition) is 1. The average molecular weight is 527 g/mol. The van der Waals surface area contributed by atoms with Crippen LogP contribution < -0.4 is 10.9 Å². The normalized spacial score (nSPS) is 12.3. The van der Waals surface area contributed by atoms with Crippen molar-refractivity contribution in [1.29, 1.82) is 0 Å². The lowest BCUT2D eigenvalue weighted by molar-refractivity contribution is 0.585. The second-order valence-corrected chi connectivity index (χ2v) is 12.2. The molecule has 1 heterocycles. The van der Waals surface area contributed by atoms with Crippen LogP contribution in [0.15, 0.2) is 152 Å². The number of benzene rings is 4. The smallest absolute Gasteiger partial charge is 0.206 e. The minimum Gasteiger partial charge on any atom is -0.327 e. The molecule has 5 rings (SSSR count). The Hall–Kier alpha value is -3.89. The van der Waals surface area contributed by atoms with Crippen LogP contribution in [0.5, 0.6) is 0 Å². The van der Waals surface area contributed by atoms with E-state index in [0.717, 1.165) is 0 Å². The van der Waals surface area contributed by atoms with Crippen LogP contribution >= 0.6 is 0 Å². The van der Waals surface area contributed by atoms with E-state index >= 15 is 0 Å². The van der Waals surface area contributed by atoms with Crippen molar-refractivity contribution in [2.45, 2.75) is 31.9 Å². The summed E-state index contributed by atoms with van der Waals surface area (Å²) in [6.07, 6.45) is 10.5. The molecule has 0 aliphatic carbocycles. The van der Waals surface area contributed by atoms with Gasteiger partial charge >= 0.3 is 0 Å². The maximum absolute atomic E-state index is 4.37. The molecule has 196 valence electrons. The molecule has 0 N–H and O–H groups in total. The van der Waals surface area contributed by atoms with Crippen LogP contribution in [0.25, 0.3) is 0 Å². The predicted molar refractivity (Wildman–Crippen MR) is 172 cm³/mol. The molecule has 0 radical (unpaired) electrons. The Kier molecular flexibility index (Phi) is 10.3. The van der Waals surface area contributed by atoms with E-state index in [1.54, 1.807) is 0 Å². The van der Waals surface area contributed by atoms with Crippen molar-refractivity contribution in [2.24, 2.45) is 5.92 Å². The molecule has 0 aliphatic heterocycles. The summed E-state index contributed by atoms with van der Waals surface area (Å²) >= 11 is 0. The zero-order valence-electron chi connectivity index (χ0n) is 23.4. The van der Waals surface area contributed by atoms with Crippen LogP contribution in [0, 0.1) is 5.92 Å². The van der Waals surface area contributed by atoms with Gasteiger partial charge in [0.05, 0.1) is 21.0 Å². The Morgan fingerprint density at radius 1 is 0.769 bits per heavy atom. The molecular weight excluding hydrogens is 487 g/mol. The molecule has 0 saturated heterocycles. The molecule has 0 spiro atoms. The quantitative estimate of drug-likeness (QED) is 0.162. The van der Waals surface area contributed by atoms with Gasteiger partial charge < -0.3 is 4.57 Å². The van der Waals surface area contributed by atoms with Crippen molar-refractivity contribution in [2.75, 3.05) is 0 Å². The van der Waals surface area contributed by atoms with Crippen LogP contribution in [0.2, 0.25) is 12.9 Å². The highest BCUT2D eigenvalue weighted by atomic mass is 28.2. The molecule has 0 saturated carbocycles. The van der Waals surface area contributed by atoms with Crippen molar-refractivity contribution < 1.29 is 0 Å². The molecule has 2 nitrogen and oxygen atoms in total. The summed E-state index contributed by atoms with van der Waals surface area (Å²) in [6, 6.07) is 44.3. The molecule has 0 amide bonds. The fraction of sp³-hybridized carbons (Fsp3) is 0.171. The first-order valence-corrected chi connectivity index (χ1v) is 15.7. The predicted octanol–water partition coefficient (Wildman–Crippen LogP) is 6.36. The maximum Gasteiger partial charge on any atom is 0.206 e. The van der Waals surface area contributed by atoms with Gasteiger partial charge in [0.25, 0.3) is 0 Å². The van der Waals surface area contributed by atoms with Crippen molar-refractivity contribution in [3.8, 4) is 0 Å². The van der Waals surface area contributed by atoms with Gasteiger partial charge in [0.1, 0.15) is 0 Å². The molecule has 0 fully saturated rings. The number of hydrogen-bond donors (Lipinski definition) is 0. The Morgan fingerprint density at radius 3 is 1.64 bits per heavy atom. The van der Waals surface area contributed by atoms with Crippen LogP contribution in [-0.4, -0.2) is 25.8 Å². The first-order valence-electron chi connectivity index (χ1n) is 14.0. The van der Waals surface area contributed by atoms with Crippen LogP contribution in [-0.2, 0) is 5.16 Å². The minimum absolute atomic E-state index is 0.102. The lowest BCUT2D eigenvalue weighted by Crippen LogP contribution is -2.42. The highest BCUT2D eigenvalue weighted by Gasteiger charge is 2.35. The molecule has 39 heavy (non-hydrogen) atoms. The second kappa shape index (κ2) is 14.3. The van der Waals surface area contributed by atoms with Crippen molar-refractivity contribution >= 4 is 27.2 Å². The molecule has 0 bridgehead atoms. The molecular formula is C35H39BN2Si. The molecule has 0 aliphatic rings. The fourth-order valence-corrected chi connectivity index (χ4v) is 7.89. The summed E-state index contributed by atoms with van der Waals surface area (Å²) in [5.41, 5.74) is 5.47. The first kappa shape index (κ1) is 28.1. The van der Waals surface area contributed by atoms with Gasteiger partial charge in [-0.25, -0.2) is 4.98 Å².